The van der Waals surface area contributed by atoms with Gasteiger partial charge in [-0.3, -0.25) is 9.59 Å². The number of carboxylic acids is 1. The van der Waals surface area contributed by atoms with Gasteiger partial charge in [0, 0.05) is 17.6 Å². The smallest absolute Gasteiger partial charge is 0.323 e. The zero-order chi connectivity index (χ0) is 15.3. The molecule has 0 aliphatic heterocycles. The Bertz CT molecular complexity index is 503. The maximum atomic E-state index is 12.5. The van der Waals surface area contributed by atoms with Crippen molar-refractivity contribution in [2.45, 2.75) is 6.92 Å². The van der Waals surface area contributed by atoms with Crippen LogP contribution < -0.4 is 0 Å². The minimum Gasteiger partial charge on any atom is -0.480 e. The summed E-state index contributed by atoms with van der Waals surface area (Å²) in [4.78, 5) is 26.7. The molecule has 1 aromatic rings. The van der Waals surface area contributed by atoms with E-state index in [4.69, 9.17) is 5.11 Å². The lowest BCUT2D eigenvalue weighted by Gasteiger charge is -2.23. The number of hydrogen-bond donors (Lipinski definition) is 1. The molecule has 1 rings (SSSR count). The number of benzene rings is 1. The van der Waals surface area contributed by atoms with Gasteiger partial charge in [-0.2, -0.15) is 0 Å². The Morgan fingerprint density at radius 2 is 1.90 bits per heavy atom. The SMILES string of the molecule is Cc1cccc(C(=O)N(CCN(C)C)CC(=O)O)c1Br. The highest BCUT2D eigenvalue weighted by Gasteiger charge is 2.21. The molecule has 20 heavy (non-hydrogen) atoms. The van der Waals surface area contributed by atoms with Crippen LogP contribution in [0.3, 0.4) is 0 Å². The molecule has 1 amide bonds. The molecule has 0 atom stereocenters. The molecule has 0 radical (unpaired) electrons. The Balaban J connectivity index is 2.97. The Morgan fingerprint density at radius 3 is 2.45 bits per heavy atom. The summed E-state index contributed by atoms with van der Waals surface area (Å²) in [6.07, 6.45) is 0. The van der Waals surface area contributed by atoms with Gasteiger partial charge >= 0.3 is 5.97 Å². The Kier molecular flexibility index (Phi) is 6.16. The summed E-state index contributed by atoms with van der Waals surface area (Å²) in [5.41, 5.74) is 1.43. The zero-order valence-corrected chi connectivity index (χ0v) is 13.5. The van der Waals surface area contributed by atoms with Gasteiger partial charge in [0.25, 0.3) is 5.91 Å². The third-order valence-electron chi connectivity index (χ3n) is 2.85. The van der Waals surface area contributed by atoms with Gasteiger partial charge in [-0.25, -0.2) is 0 Å². The molecule has 1 N–H and O–H groups in total. The van der Waals surface area contributed by atoms with Gasteiger partial charge in [0.05, 0.1) is 5.56 Å². The van der Waals surface area contributed by atoms with E-state index in [0.29, 0.717) is 23.1 Å². The van der Waals surface area contributed by atoms with Gasteiger partial charge in [0.1, 0.15) is 6.54 Å². The van der Waals surface area contributed by atoms with E-state index in [1.807, 2.05) is 32.0 Å². The fourth-order valence-electron chi connectivity index (χ4n) is 1.72. The number of nitrogens with zero attached hydrogens (tertiary/aromatic N) is 2. The quantitative estimate of drug-likeness (QED) is 0.856. The first kappa shape index (κ1) is 16.7. The minimum atomic E-state index is -1.01. The standard InChI is InChI=1S/C14H19BrN2O3/c1-10-5-4-6-11(13(10)15)14(20)17(9-12(18)19)8-7-16(2)3/h4-6H,7-9H2,1-3H3,(H,18,19). The maximum absolute atomic E-state index is 12.5. The van der Waals surface area contributed by atoms with Gasteiger partial charge < -0.3 is 14.9 Å². The first-order chi connectivity index (χ1) is 9.32. The lowest BCUT2D eigenvalue weighted by molar-refractivity contribution is -0.137. The third-order valence-corrected chi connectivity index (χ3v) is 3.91. The number of carboxylic acid groups (broad SMARTS) is 1. The fourth-order valence-corrected chi connectivity index (χ4v) is 2.15. The topological polar surface area (TPSA) is 60.9 Å². The van der Waals surface area contributed by atoms with Crippen molar-refractivity contribution < 1.29 is 14.7 Å². The molecule has 1 aromatic carbocycles. The largest absolute Gasteiger partial charge is 0.480 e. The van der Waals surface area contributed by atoms with Crippen LogP contribution in [0.1, 0.15) is 15.9 Å². The van der Waals surface area contributed by atoms with E-state index in [9.17, 15) is 9.59 Å². The van der Waals surface area contributed by atoms with Crippen molar-refractivity contribution in [3.8, 4) is 0 Å². The molecule has 0 spiro atoms. The second-order valence-corrected chi connectivity index (χ2v) is 5.65. The number of rotatable bonds is 6. The molecule has 0 heterocycles. The molecule has 0 aromatic heterocycles. The van der Waals surface area contributed by atoms with E-state index in [2.05, 4.69) is 15.9 Å². The highest BCUT2D eigenvalue weighted by molar-refractivity contribution is 9.10. The first-order valence-electron chi connectivity index (χ1n) is 6.24. The van der Waals surface area contributed by atoms with Crippen LogP contribution in [0.25, 0.3) is 0 Å². The van der Waals surface area contributed by atoms with Crippen LogP contribution in [0.2, 0.25) is 0 Å². The molecule has 0 saturated heterocycles. The summed E-state index contributed by atoms with van der Waals surface area (Å²) in [5.74, 6) is -1.29. The summed E-state index contributed by atoms with van der Waals surface area (Å²) in [6.45, 7) is 2.58. The first-order valence-corrected chi connectivity index (χ1v) is 7.03. The van der Waals surface area contributed by atoms with Crippen LogP contribution in [0.5, 0.6) is 0 Å². The van der Waals surface area contributed by atoms with Crippen molar-refractivity contribution in [2.24, 2.45) is 0 Å². The van der Waals surface area contributed by atoms with Crippen LogP contribution in [0.15, 0.2) is 22.7 Å². The van der Waals surface area contributed by atoms with E-state index in [1.54, 1.807) is 12.1 Å². The van der Waals surface area contributed by atoms with E-state index in [1.165, 1.54) is 4.90 Å². The number of carbonyl (C=O) groups excluding carboxylic acids is 1. The molecule has 0 unspecified atom stereocenters. The Labute approximate surface area is 127 Å². The molecular weight excluding hydrogens is 324 g/mol. The zero-order valence-electron chi connectivity index (χ0n) is 11.9. The third kappa shape index (κ3) is 4.61. The number of carbonyl (C=O) groups is 2. The predicted octanol–water partition coefficient (Wildman–Crippen LogP) is 1.85. The Hall–Kier alpha value is -1.40. The summed E-state index contributed by atoms with van der Waals surface area (Å²) < 4.78 is 0.713. The van der Waals surface area contributed by atoms with Crippen molar-refractivity contribution in [2.75, 3.05) is 33.7 Å². The van der Waals surface area contributed by atoms with Gasteiger partial charge in [-0.1, -0.05) is 12.1 Å². The highest BCUT2D eigenvalue weighted by atomic mass is 79.9. The molecule has 0 bridgehead atoms. The molecule has 0 saturated carbocycles. The van der Waals surface area contributed by atoms with Crippen LogP contribution in [0.4, 0.5) is 0 Å². The van der Waals surface area contributed by atoms with Crippen molar-refractivity contribution in [3.63, 3.8) is 0 Å². The maximum Gasteiger partial charge on any atom is 0.323 e. The van der Waals surface area contributed by atoms with Gasteiger partial charge in [0.2, 0.25) is 0 Å². The lowest BCUT2D eigenvalue weighted by Crippen LogP contribution is -2.40. The second kappa shape index (κ2) is 7.40. The fraction of sp³-hybridized carbons (Fsp3) is 0.429. The van der Waals surface area contributed by atoms with Crippen molar-refractivity contribution in [3.05, 3.63) is 33.8 Å². The number of hydrogen-bond acceptors (Lipinski definition) is 3. The number of aliphatic carboxylic acids is 1. The van der Waals surface area contributed by atoms with Crippen molar-refractivity contribution >= 4 is 27.8 Å². The number of amides is 1. The van der Waals surface area contributed by atoms with Crippen molar-refractivity contribution in [1.29, 1.82) is 0 Å². The minimum absolute atomic E-state index is 0.273. The average Bonchev–Trinajstić information content (AvgIpc) is 2.36. The van der Waals surface area contributed by atoms with Crippen LogP contribution in [0, 0.1) is 6.92 Å². The lowest BCUT2D eigenvalue weighted by atomic mass is 10.1. The molecule has 0 aliphatic rings. The van der Waals surface area contributed by atoms with E-state index in [0.717, 1.165) is 5.56 Å². The van der Waals surface area contributed by atoms with E-state index < -0.39 is 5.97 Å². The van der Waals surface area contributed by atoms with E-state index >= 15 is 0 Å². The summed E-state index contributed by atoms with van der Waals surface area (Å²) in [6, 6.07) is 5.38. The molecule has 5 nitrogen and oxygen atoms in total. The molecule has 0 aliphatic carbocycles. The molecular formula is C14H19BrN2O3. The predicted molar refractivity (Wildman–Crippen MR) is 81.0 cm³/mol. The van der Waals surface area contributed by atoms with Gasteiger partial charge in [0.15, 0.2) is 0 Å². The van der Waals surface area contributed by atoms with Crippen LogP contribution in [-0.4, -0.2) is 60.5 Å². The van der Waals surface area contributed by atoms with Gasteiger partial charge in [-0.05, 0) is 48.6 Å². The van der Waals surface area contributed by atoms with Gasteiger partial charge in [-0.15, -0.1) is 0 Å². The molecule has 6 heteroatoms. The van der Waals surface area contributed by atoms with Crippen LogP contribution >= 0.6 is 15.9 Å². The van der Waals surface area contributed by atoms with Crippen molar-refractivity contribution in [1.82, 2.24) is 9.80 Å². The number of halogens is 1. The summed E-state index contributed by atoms with van der Waals surface area (Å²) in [7, 11) is 3.76. The normalized spacial score (nSPS) is 10.7. The summed E-state index contributed by atoms with van der Waals surface area (Å²) in [5, 5.41) is 8.95. The van der Waals surface area contributed by atoms with E-state index in [-0.39, 0.29) is 12.5 Å². The Morgan fingerprint density at radius 1 is 1.25 bits per heavy atom. The average molecular weight is 343 g/mol. The molecule has 0 fully saturated rings. The summed E-state index contributed by atoms with van der Waals surface area (Å²) >= 11 is 3.39. The monoisotopic (exact) mass is 342 g/mol. The number of likely N-dealkylation sites (N-methyl/N-ethyl adjacent to an activating group) is 1. The van der Waals surface area contributed by atoms with Crippen LogP contribution in [-0.2, 0) is 4.79 Å². The highest BCUT2D eigenvalue weighted by Crippen LogP contribution is 2.22. The molecule has 110 valence electrons. The second-order valence-electron chi connectivity index (χ2n) is 4.86. The number of aryl methyl sites for hydroxylation is 1.